The molecular weight excluding hydrogens is 318 g/mol. The fraction of sp³-hybridized carbons (Fsp3) is 0.375. The van der Waals surface area contributed by atoms with E-state index in [0.717, 1.165) is 34.6 Å². The minimum Gasteiger partial charge on any atom is -0.496 e. The first-order valence-corrected chi connectivity index (χ1v) is 8.58. The Bertz CT molecular complexity index is 682. The van der Waals surface area contributed by atoms with Crippen molar-refractivity contribution in [1.29, 1.82) is 0 Å². The van der Waals surface area contributed by atoms with Crippen molar-refractivity contribution in [2.75, 3.05) is 7.11 Å². The van der Waals surface area contributed by atoms with Gasteiger partial charge in [-0.2, -0.15) is 0 Å². The van der Waals surface area contributed by atoms with Gasteiger partial charge in [0.1, 0.15) is 11.6 Å². The van der Waals surface area contributed by atoms with Crippen LogP contribution in [-0.2, 0) is 12.3 Å². The van der Waals surface area contributed by atoms with Crippen LogP contribution in [0.25, 0.3) is 0 Å². The third-order valence-corrected chi connectivity index (χ3v) is 4.85. The zero-order valence-corrected chi connectivity index (χ0v) is 14.0. The molecule has 4 nitrogen and oxygen atoms in total. The fourth-order valence-electron chi connectivity index (χ4n) is 2.35. The van der Waals surface area contributed by atoms with Gasteiger partial charge in [-0.25, -0.2) is 0 Å². The normalized spacial score (nSPS) is 14.1. The molecule has 116 valence electrons. The number of rotatable bonds is 7. The summed E-state index contributed by atoms with van der Waals surface area (Å²) in [5.41, 5.74) is 1.06. The molecule has 1 aromatic carbocycles. The topological polar surface area (TPSA) is 39.9 Å². The smallest absolute Gasteiger partial charge is 0.191 e. The van der Waals surface area contributed by atoms with Gasteiger partial charge in [-0.15, -0.1) is 16.8 Å². The number of benzene rings is 1. The van der Waals surface area contributed by atoms with Gasteiger partial charge in [-0.1, -0.05) is 29.4 Å². The van der Waals surface area contributed by atoms with Crippen molar-refractivity contribution >= 4 is 23.4 Å². The second kappa shape index (κ2) is 6.75. The van der Waals surface area contributed by atoms with Crippen LogP contribution in [0.15, 0.2) is 36.0 Å². The highest BCUT2D eigenvalue weighted by Gasteiger charge is 2.30. The van der Waals surface area contributed by atoms with E-state index in [4.69, 9.17) is 16.3 Å². The van der Waals surface area contributed by atoms with Crippen LogP contribution in [-0.4, -0.2) is 21.9 Å². The van der Waals surface area contributed by atoms with Crippen molar-refractivity contribution in [2.24, 2.45) is 0 Å². The van der Waals surface area contributed by atoms with E-state index in [1.807, 2.05) is 24.3 Å². The lowest BCUT2D eigenvalue weighted by Crippen LogP contribution is -2.03. The summed E-state index contributed by atoms with van der Waals surface area (Å²) in [5, 5.41) is 10.3. The van der Waals surface area contributed by atoms with Crippen molar-refractivity contribution in [1.82, 2.24) is 14.8 Å². The van der Waals surface area contributed by atoms with Crippen molar-refractivity contribution < 1.29 is 4.74 Å². The molecule has 0 radical (unpaired) electrons. The molecule has 0 saturated heterocycles. The number of ether oxygens (including phenoxy) is 1. The number of methoxy groups -OCH3 is 1. The molecule has 0 bridgehead atoms. The lowest BCUT2D eigenvalue weighted by Gasteiger charge is -2.10. The van der Waals surface area contributed by atoms with Gasteiger partial charge < -0.3 is 9.30 Å². The molecule has 1 aliphatic rings. The Morgan fingerprint density at radius 2 is 2.27 bits per heavy atom. The van der Waals surface area contributed by atoms with Gasteiger partial charge in [0.05, 0.1) is 7.11 Å². The van der Waals surface area contributed by atoms with Crippen LogP contribution in [0.1, 0.15) is 30.1 Å². The summed E-state index contributed by atoms with van der Waals surface area (Å²) in [6.45, 7) is 4.58. The number of halogens is 1. The molecule has 0 aliphatic heterocycles. The summed E-state index contributed by atoms with van der Waals surface area (Å²) in [4.78, 5) is 0. The molecular formula is C16H18ClN3OS. The molecule has 1 aromatic heterocycles. The Morgan fingerprint density at radius 3 is 2.95 bits per heavy atom. The number of hydrogen-bond donors (Lipinski definition) is 0. The molecule has 1 saturated carbocycles. The van der Waals surface area contributed by atoms with Crippen molar-refractivity contribution in [3.05, 3.63) is 47.3 Å². The quantitative estimate of drug-likeness (QED) is 0.559. The molecule has 0 N–H and O–H groups in total. The fourth-order valence-corrected chi connectivity index (χ4v) is 3.48. The van der Waals surface area contributed by atoms with Crippen LogP contribution < -0.4 is 4.74 Å². The summed E-state index contributed by atoms with van der Waals surface area (Å²) < 4.78 is 7.55. The first-order chi connectivity index (χ1) is 10.7. The van der Waals surface area contributed by atoms with Crippen LogP contribution >= 0.6 is 23.4 Å². The molecule has 6 heteroatoms. The number of aromatic nitrogens is 3. The van der Waals surface area contributed by atoms with Crippen molar-refractivity contribution in [3.8, 4) is 5.75 Å². The third-order valence-electron chi connectivity index (χ3n) is 3.60. The summed E-state index contributed by atoms with van der Waals surface area (Å²) in [6, 6.07) is 5.66. The molecule has 1 fully saturated rings. The van der Waals surface area contributed by atoms with Gasteiger partial charge in [0.15, 0.2) is 5.16 Å². The average Bonchev–Trinajstić information content (AvgIpc) is 3.28. The van der Waals surface area contributed by atoms with Crippen LogP contribution in [0.2, 0.25) is 5.02 Å². The molecule has 1 heterocycles. The van der Waals surface area contributed by atoms with Gasteiger partial charge in [-0.3, -0.25) is 0 Å². The highest BCUT2D eigenvalue weighted by molar-refractivity contribution is 7.98. The molecule has 1 aliphatic carbocycles. The standard InChI is InChI=1S/C16H18ClN3OS/c1-3-8-20-15(11-4-5-11)18-19-16(20)22-10-12-9-13(17)6-7-14(12)21-2/h3,6-7,9,11H,1,4-5,8,10H2,2H3. The number of thioether (sulfide) groups is 1. The zero-order chi connectivity index (χ0) is 15.5. The average molecular weight is 336 g/mol. The van der Waals surface area contributed by atoms with E-state index in [1.165, 1.54) is 12.8 Å². The van der Waals surface area contributed by atoms with E-state index in [2.05, 4.69) is 21.3 Å². The minimum atomic E-state index is 0.572. The first-order valence-electron chi connectivity index (χ1n) is 7.22. The molecule has 0 spiro atoms. The number of nitrogens with zero attached hydrogens (tertiary/aromatic N) is 3. The molecule has 0 amide bonds. The Kier molecular flexibility index (Phi) is 4.74. The van der Waals surface area contributed by atoms with Crippen LogP contribution in [0.5, 0.6) is 5.75 Å². The SMILES string of the molecule is C=CCn1c(SCc2cc(Cl)ccc2OC)nnc1C1CC1. The monoisotopic (exact) mass is 335 g/mol. The molecule has 2 aromatic rings. The minimum absolute atomic E-state index is 0.572. The Morgan fingerprint density at radius 1 is 1.45 bits per heavy atom. The van der Waals surface area contributed by atoms with E-state index in [-0.39, 0.29) is 0 Å². The zero-order valence-electron chi connectivity index (χ0n) is 12.5. The van der Waals surface area contributed by atoms with Gasteiger partial charge in [0, 0.05) is 28.8 Å². The first kappa shape index (κ1) is 15.4. The largest absolute Gasteiger partial charge is 0.496 e. The predicted molar refractivity (Wildman–Crippen MR) is 89.8 cm³/mol. The predicted octanol–water partition coefficient (Wildman–Crippen LogP) is 4.30. The lowest BCUT2D eigenvalue weighted by atomic mass is 10.2. The molecule has 22 heavy (non-hydrogen) atoms. The molecule has 3 rings (SSSR count). The molecule has 0 atom stereocenters. The van der Waals surface area contributed by atoms with E-state index < -0.39 is 0 Å². The number of allylic oxidation sites excluding steroid dienone is 1. The second-order valence-electron chi connectivity index (χ2n) is 5.26. The lowest BCUT2D eigenvalue weighted by molar-refractivity contribution is 0.411. The van der Waals surface area contributed by atoms with Crippen LogP contribution in [0, 0.1) is 0 Å². The highest BCUT2D eigenvalue weighted by Crippen LogP contribution is 2.40. The second-order valence-corrected chi connectivity index (χ2v) is 6.64. The van der Waals surface area contributed by atoms with E-state index >= 15 is 0 Å². The van der Waals surface area contributed by atoms with E-state index in [9.17, 15) is 0 Å². The highest BCUT2D eigenvalue weighted by atomic mass is 35.5. The maximum atomic E-state index is 6.08. The van der Waals surface area contributed by atoms with Crippen LogP contribution in [0.3, 0.4) is 0 Å². The van der Waals surface area contributed by atoms with Crippen LogP contribution in [0.4, 0.5) is 0 Å². The van der Waals surface area contributed by atoms with E-state index in [1.54, 1.807) is 18.9 Å². The number of hydrogen-bond acceptors (Lipinski definition) is 4. The summed E-state index contributed by atoms with van der Waals surface area (Å²) >= 11 is 7.73. The summed E-state index contributed by atoms with van der Waals surface area (Å²) in [6.07, 6.45) is 4.31. The summed E-state index contributed by atoms with van der Waals surface area (Å²) in [7, 11) is 1.67. The van der Waals surface area contributed by atoms with Gasteiger partial charge in [-0.05, 0) is 31.0 Å². The summed E-state index contributed by atoms with van der Waals surface area (Å²) in [5.74, 6) is 3.24. The maximum Gasteiger partial charge on any atom is 0.191 e. The van der Waals surface area contributed by atoms with E-state index in [0.29, 0.717) is 10.9 Å². The molecule has 0 unspecified atom stereocenters. The Hall–Kier alpha value is -1.46. The Balaban J connectivity index is 1.79. The van der Waals surface area contributed by atoms with Crippen molar-refractivity contribution in [2.45, 2.75) is 36.2 Å². The Labute approximate surface area is 139 Å². The third kappa shape index (κ3) is 3.31. The van der Waals surface area contributed by atoms with Gasteiger partial charge in [0.25, 0.3) is 0 Å². The van der Waals surface area contributed by atoms with Gasteiger partial charge in [0.2, 0.25) is 0 Å². The maximum absolute atomic E-state index is 6.08. The van der Waals surface area contributed by atoms with Crippen molar-refractivity contribution in [3.63, 3.8) is 0 Å². The van der Waals surface area contributed by atoms with Gasteiger partial charge >= 0.3 is 0 Å².